The van der Waals surface area contributed by atoms with Gasteiger partial charge >= 0.3 is 18.2 Å². The van der Waals surface area contributed by atoms with E-state index in [1.54, 1.807) is 134 Å². The average Bonchev–Trinajstić information content (AvgIpc) is 1.62. The molecule has 0 bridgehead atoms. The highest BCUT2D eigenvalue weighted by Gasteiger charge is 2.51. The first-order valence-corrected chi connectivity index (χ1v) is 40.0. The van der Waals surface area contributed by atoms with Crippen molar-refractivity contribution in [1.29, 1.82) is 0 Å². The van der Waals surface area contributed by atoms with Crippen LogP contribution >= 0.6 is 0 Å². The molecular weight excluding hydrogens is 1540 g/mol. The summed E-state index contributed by atoms with van der Waals surface area (Å²) < 4.78 is 33.9. The van der Waals surface area contributed by atoms with Crippen molar-refractivity contribution in [2.24, 2.45) is 35.3 Å². The van der Waals surface area contributed by atoms with Crippen LogP contribution in [0.2, 0.25) is 0 Å². The topological polar surface area (TPSA) is 526 Å². The van der Waals surface area contributed by atoms with Crippen molar-refractivity contribution in [1.82, 2.24) is 57.2 Å². The van der Waals surface area contributed by atoms with Crippen LogP contribution in [-0.4, -0.2) is 274 Å². The number of benzene rings is 3. The molecular formula is C81H123N13O24. The van der Waals surface area contributed by atoms with Crippen molar-refractivity contribution in [2.45, 2.75) is 250 Å². The molecule has 0 saturated carbocycles. The number of anilines is 1. The van der Waals surface area contributed by atoms with E-state index in [1.807, 2.05) is 19.9 Å². The molecule has 21 atom stereocenters. The van der Waals surface area contributed by atoms with Crippen LogP contribution in [0, 0.1) is 29.6 Å². The molecule has 118 heavy (non-hydrogen) atoms. The molecule has 3 aliphatic heterocycles. The molecule has 0 aliphatic carbocycles. The lowest BCUT2D eigenvalue weighted by molar-refractivity contribution is -0.148. The van der Waals surface area contributed by atoms with Gasteiger partial charge in [-0.25, -0.2) is 14.4 Å². The third-order valence-electron chi connectivity index (χ3n) is 21.6. The van der Waals surface area contributed by atoms with E-state index in [1.165, 1.54) is 38.3 Å². The number of alkyl carbamates (subject to hydrolysis) is 1. The zero-order valence-corrected chi connectivity index (χ0v) is 69.6. The van der Waals surface area contributed by atoms with Crippen LogP contribution in [0.4, 0.5) is 20.1 Å². The summed E-state index contributed by atoms with van der Waals surface area (Å²) >= 11 is 0. The number of hydrogen-bond donors (Lipinski definition) is 16. The van der Waals surface area contributed by atoms with E-state index in [2.05, 4.69) is 47.9 Å². The van der Waals surface area contributed by atoms with Gasteiger partial charge in [0, 0.05) is 53.5 Å². The van der Waals surface area contributed by atoms with E-state index < -0.39 is 218 Å². The van der Waals surface area contributed by atoms with Crippen LogP contribution < -0.4 is 53.6 Å². The van der Waals surface area contributed by atoms with E-state index in [0.29, 0.717) is 42.5 Å². The van der Waals surface area contributed by atoms with Crippen LogP contribution in [0.15, 0.2) is 84.9 Å². The molecule has 3 aromatic rings. The number of nitrogens with two attached hydrogens (primary N) is 1. The van der Waals surface area contributed by atoms with Gasteiger partial charge in [0.1, 0.15) is 73.9 Å². The van der Waals surface area contributed by atoms with Gasteiger partial charge in [0.25, 0.3) is 5.91 Å². The Labute approximate surface area is 687 Å². The van der Waals surface area contributed by atoms with Crippen LogP contribution in [0.3, 0.4) is 0 Å². The number of ether oxygens (including phenoxy) is 6. The molecule has 3 aromatic carbocycles. The Hall–Kier alpha value is -9.70. The zero-order valence-electron chi connectivity index (χ0n) is 69.6. The predicted octanol–water partition coefficient (Wildman–Crippen LogP) is 0.785. The van der Waals surface area contributed by atoms with Crippen LogP contribution in [0.5, 0.6) is 0 Å². The zero-order chi connectivity index (χ0) is 87.5. The molecule has 2 unspecified atom stereocenters. The van der Waals surface area contributed by atoms with E-state index >= 15 is 0 Å². The fraction of sp³-hybridized carbons (Fsp3) is 0.630. The second-order valence-electron chi connectivity index (χ2n) is 31.3. The maximum Gasteiger partial charge on any atom is 0.410 e. The highest BCUT2D eigenvalue weighted by molar-refractivity contribution is 5.99. The normalized spacial score (nSPS) is 22.1. The summed E-state index contributed by atoms with van der Waals surface area (Å²) in [5.41, 5.74) is 7.19. The van der Waals surface area contributed by atoms with Gasteiger partial charge in [0.15, 0.2) is 18.6 Å². The van der Waals surface area contributed by atoms with Gasteiger partial charge in [0.05, 0.1) is 55.4 Å². The Kier molecular flexibility index (Phi) is 38.4. The lowest BCUT2D eigenvalue weighted by Crippen LogP contribution is -2.60. The summed E-state index contributed by atoms with van der Waals surface area (Å²) in [6.07, 6.45) is -17.4. The molecule has 13 amide bonds. The van der Waals surface area contributed by atoms with Gasteiger partial charge in [-0.15, -0.1) is 0 Å². The number of nitrogens with zero attached hydrogens (tertiary/aromatic N) is 3. The monoisotopic (exact) mass is 1660 g/mol. The first-order chi connectivity index (χ1) is 55.9. The number of nitrogens with one attached hydrogen (secondary N) is 9. The third kappa shape index (κ3) is 27.2. The van der Waals surface area contributed by atoms with Crippen molar-refractivity contribution in [3.05, 3.63) is 102 Å². The number of methoxy groups -OCH3 is 2. The smallest absolute Gasteiger partial charge is 0.410 e. The number of amides is 13. The van der Waals surface area contributed by atoms with E-state index in [-0.39, 0.29) is 62.4 Å². The Bertz CT molecular complexity index is 3800. The predicted molar refractivity (Wildman–Crippen MR) is 427 cm³/mol. The second kappa shape index (κ2) is 46.6. The number of likely N-dealkylation sites (N-methyl/N-ethyl adjacent to an activating group) is 2. The average molecular weight is 1660 g/mol. The van der Waals surface area contributed by atoms with E-state index in [9.17, 15) is 88.2 Å². The molecule has 17 N–H and O–H groups in total. The molecule has 0 radical (unpaired) electrons. The van der Waals surface area contributed by atoms with Crippen molar-refractivity contribution in [3.63, 3.8) is 0 Å². The molecule has 656 valence electrons. The van der Waals surface area contributed by atoms with Gasteiger partial charge in [0.2, 0.25) is 47.3 Å². The minimum Gasteiger partial charge on any atom is -0.445 e. The first-order valence-electron chi connectivity index (χ1n) is 40.0. The second-order valence-corrected chi connectivity index (χ2v) is 31.3. The SMILES string of the molecule is CC[C@H](C)[C@@H]([C@@H](CC(=O)N1CCC[C@H]1[C@H](OC)[C@@H](C)C(=O)N[C@H](C)[C@@H](O)c1ccccc1)OC)N(C)C(=O)[C@@H](NC(=O)[C@H](C(C)C)N(C)C(=O)OCc1ccc(NC(=O)[C@H](CCCNC(N)=O)NC(=O)[C@@H](NC(=O)[C@H](CCC(=O)NC2O[C@H](C(=O)NC3O[C@H](CO)[C@@H](O)[C@H]3O)[C@@H](O)[C@H]2O)NC(=O)OCc2ccccc2)C(C)C)cc1)C(C)C. The van der Waals surface area contributed by atoms with E-state index in [0.717, 1.165) is 4.90 Å². The summed E-state index contributed by atoms with van der Waals surface area (Å²) in [7, 11) is 5.98. The van der Waals surface area contributed by atoms with Crippen molar-refractivity contribution in [3.8, 4) is 0 Å². The molecule has 37 heteroatoms. The maximum atomic E-state index is 14.9. The highest BCUT2D eigenvalue weighted by Crippen LogP contribution is 2.32. The molecule has 3 heterocycles. The molecule has 37 nitrogen and oxygen atoms in total. The number of aliphatic hydroxyl groups excluding tert-OH is 6. The summed E-state index contributed by atoms with van der Waals surface area (Å²) in [6, 6.07) is 14.3. The summed E-state index contributed by atoms with van der Waals surface area (Å²) in [6.45, 7) is 16.6. The number of urea groups is 1. The lowest BCUT2D eigenvalue weighted by atomic mass is 9.89. The summed E-state index contributed by atoms with van der Waals surface area (Å²) in [5.74, 6) is -9.00. The van der Waals surface area contributed by atoms with Crippen molar-refractivity contribution < 1.29 is 117 Å². The van der Waals surface area contributed by atoms with Gasteiger partial charge in [-0.3, -0.25) is 48.1 Å². The molecule has 3 aliphatic rings. The number of rotatable bonds is 43. The number of aliphatic hydroxyl groups is 6. The number of primary amides is 1. The van der Waals surface area contributed by atoms with Gasteiger partial charge in [-0.2, -0.15) is 0 Å². The molecule has 3 fully saturated rings. The van der Waals surface area contributed by atoms with Crippen LogP contribution in [-0.2, 0) is 84.8 Å². The van der Waals surface area contributed by atoms with Crippen LogP contribution in [0.25, 0.3) is 0 Å². The number of hydrogen-bond acceptors (Lipinski definition) is 24. The molecule has 0 spiro atoms. The molecule has 6 rings (SSSR count). The fourth-order valence-electron chi connectivity index (χ4n) is 14.6. The van der Waals surface area contributed by atoms with Crippen molar-refractivity contribution >= 4 is 77.1 Å². The third-order valence-corrected chi connectivity index (χ3v) is 21.6. The van der Waals surface area contributed by atoms with Gasteiger partial charge in [-0.05, 0) is 91.5 Å². The largest absolute Gasteiger partial charge is 0.445 e. The quantitative estimate of drug-likeness (QED) is 0.0348. The number of carbonyl (C=O) groups excluding carboxylic acids is 12. The molecule has 0 aromatic heterocycles. The molecule has 3 saturated heterocycles. The van der Waals surface area contributed by atoms with E-state index in [4.69, 9.17) is 34.2 Å². The summed E-state index contributed by atoms with van der Waals surface area (Å²) in [5, 5.41) is 85.6. The minimum atomic E-state index is -1.95. The highest BCUT2D eigenvalue weighted by atomic mass is 16.6. The standard InChI is InChI=1S/C81H123N13O24/c1-15-45(8)62(55(113-13)38-58(97)94-37-23-29-54(94)68(114-14)46(9)70(103)84-47(10)63(98)50-26-20-17-21-27-50)92(11)78(109)60(43(4)5)90-74(107)61(44(6)7)93(12)81(112)116-41-49-30-32-51(33-31-49)85-71(104)52(28-22-36-83-79(82)110)86-73(106)59(42(2)3)89-72(105)53(87-80(111)115-40-48-24-18-16-19-25-48)34-35-57(96)88-76-67(102)65(100)69(118-76)75(108)91-77-66(101)64(99)56(39-95)117-77/h16-21,24-27,30-33,42-47,52-56,59-69,76-77,95,98-102H,15,22-23,28-29,34-41H2,1-14H3,(H,84,103)(H,85,104)(H,86,106)(H,87,111)(H,88,96)(H,89,105)(H,90,107)(H,91,108)(H3,82,83,110)/t45-,46+,47+,52-,53-,54-,55+,56+,59-,60-,61-,62-,63+,64+,65-,66+,67+,68+,69-,76?,77?/m0/s1. The number of likely N-dealkylation sites (tertiary alicyclic amines) is 1. The Morgan fingerprint density at radius 1 is 0.627 bits per heavy atom. The Balaban J connectivity index is 1.07. The Morgan fingerprint density at radius 2 is 1.22 bits per heavy atom. The minimum absolute atomic E-state index is 0.0154. The summed E-state index contributed by atoms with van der Waals surface area (Å²) in [4.78, 5) is 171. The lowest BCUT2D eigenvalue weighted by Gasteiger charge is -2.41. The number of carbonyl (C=O) groups is 12. The van der Waals surface area contributed by atoms with Crippen LogP contribution in [0.1, 0.15) is 143 Å². The first kappa shape index (κ1) is 97.1. The van der Waals surface area contributed by atoms with Crippen molar-refractivity contribution in [2.75, 3.05) is 53.3 Å². The Morgan fingerprint density at radius 3 is 1.81 bits per heavy atom. The fourth-order valence-corrected chi connectivity index (χ4v) is 14.6. The van der Waals surface area contributed by atoms with Gasteiger partial charge < -0.3 is 122 Å². The maximum absolute atomic E-state index is 14.9. The van der Waals surface area contributed by atoms with Gasteiger partial charge in [-0.1, -0.05) is 142 Å².